The molecule has 4 rings (SSSR count). The standard InChI is InChI=1S/C18H23N5O3/c1-21-5-4-19-18(21)23-8-6-22(7-9-23)12-17(24)20-11-14-2-3-15-16(10-14)26-13-25-15/h2-5,10H,6-9,11-13H2,1H3,(H,20,24). The van der Waals surface area contributed by atoms with Gasteiger partial charge in [-0.1, -0.05) is 6.07 Å². The summed E-state index contributed by atoms with van der Waals surface area (Å²) in [7, 11) is 2.00. The van der Waals surface area contributed by atoms with Crippen molar-refractivity contribution in [1.82, 2.24) is 19.8 Å². The molecule has 0 aliphatic carbocycles. The zero-order chi connectivity index (χ0) is 17.9. The molecule has 0 saturated carbocycles. The van der Waals surface area contributed by atoms with Gasteiger partial charge in [0, 0.05) is 52.2 Å². The van der Waals surface area contributed by atoms with Crippen LogP contribution in [0.5, 0.6) is 11.5 Å². The number of ether oxygens (including phenoxy) is 2. The van der Waals surface area contributed by atoms with Gasteiger partial charge in [-0.05, 0) is 17.7 Å². The van der Waals surface area contributed by atoms with Crippen molar-refractivity contribution in [1.29, 1.82) is 0 Å². The Balaban J connectivity index is 1.22. The average molecular weight is 357 g/mol. The number of benzene rings is 1. The van der Waals surface area contributed by atoms with E-state index in [1.165, 1.54) is 0 Å². The molecule has 1 saturated heterocycles. The van der Waals surface area contributed by atoms with Crippen LogP contribution in [0.1, 0.15) is 5.56 Å². The normalized spacial score (nSPS) is 16.7. The number of nitrogens with one attached hydrogen (secondary N) is 1. The van der Waals surface area contributed by atoms with Gasteiger partial charge in [0.15, 0.2) is 11.5 Å². The van der Waals surface area contributed by atoms with Gasteiger partial charge in [-0.2, -0.15) is 0 Å². The molecule has 1 fully saturated rings. The zero-order valence-electron chi connectivity index (χ0n) is 14.9. The molecule has 1 amide bonds. The second kappa shape index (κ2) is 7.25. The van der Waals surface area contributed by atoms with Gasteiger partial charge in [0.2, 0.25) is 18.6 Å². The molecule has 2 aromatic rings. The molecule has 1 N–H and O–H groups in total. The van der Waals surface area contributed by atoms with Crippen molar-refractivity contribution in [3.63, 3.8) is 0 Å². The van der Waals surface area contributed by atoms with Crippen LogP contribution < -0.4 is 19.7 Å². The van der Waals surface area contributed by atoms with Gasteiger partial charge in [0.25, 0.3) is 0 Å². The molecule has 3 heterocycles. The van der Waals surface area contributed by atoms with Gasteiger partial charge in [0.05, 0.1) is 6.54 Å². The van der Waals surface area contributed by atoms with E-state index in [-0.39, 0.29) is 12.7 Å². The van der Waals surface area contributed by atoms with Gasteiger partial charge in [0.1, 0.15) is 0 Å². The minimum absolute atomic E-state index is 0.0353. The average Bonchev–Trinajstić information content (AvgIpc) is 3.29. The van der Waals surface area contributed by atoms with E-state index >= 15 is 0 Å². The van der Waals surface area contributed by atoms with Gasteiger partial charge in [-0.25, -0.2) is 4.98 Å². The van der Waals surface area contributed by atoms with Crippen molar-refractivity contribution >= 4 is 11.9 Å². The molecule has 0 bridgehead atoms. The Hall–Kier alpha value is -2.74. The molecule has 1 aromatic carbocycles. The summed E-state index contributed by atoms with van der Waals surface area (Å²) in [6, 6.07) is 5.73. The molecule has 2 aliphatic rings. The van der Waals surface area contributed by atoms with E-state index in [9.17, 15) is 4.79 Å². The number of carbonyl (C=O) groups is 1. The third-order valence-electron chi connectivity index (χ3n) is 4.74. The molecule has 1 aromatic heterocycles. The summed E-state index contributed by atoms with van der Waals surface area (Å²) in [4.78, 5) is 21.1. The first-order valence-corrected chi connectivity index (χ1v) is 8.79. The lowest BCUT2D eigenvalue weighted by Crippen LogP contribution is -2.50. The summed E-state index contributed by atoms with van der Waals surface area (Å²) in [6.07, 6.45) is 3.76. The van der Waals surface area contributed by atoms with E-state index in [2.05, 4.69) is 20.1 Å². The molecule has 0 radical (unpaired) electrons. The molecule has 2 aliphatic heterocycles. The highest BCUT2D eigenvalue weighted by molar-refractivity contribution is 5.78. The minimum Gasteiger partial charge on any atom is -0.454 e. The van der Waals surface area contributed by atoms with E-state index in [0.717, 1.165) is 49.2 Å². The van der Waals surface area contributed by atoms with Crippen molar-refractivity contribution < 1.29 is 14.3 Å². The number of piperazine rings is 1. The Bertz CT molecular complexity index is 783. The quantitative estimate of drug-likeness (QED) is 0.844. The fourth-order valence-corrected chi connectivity index (χ4v) is 3.28. The summed E-state index contributed by atoms with van der Waals surface area (Å²) < 4.78 is 12.7. The first-order valence-electron chi connectivity index (χ1n) is 8.79. The summed E-state index contributed by atoms with van der Waals surface area (Å²) in [5.74, 6) is 2.51. The second-order valence-electron chi connectivity index (χ2n) is 6.57. The largest absolute Gasteiger partial charge is 0.454 e. The lowest BCUT2D eigenvalue weighted by Gasteiger charge is -2.34. The Kier molecular flexibility index (Phi) is 4.66. The third kappa shape index (κ3) is 3.60. The molecule has 8 nitrogen and oxygen atoms in total. The van der Waals surface area contributed by atoms with Crippen LogP contribution in [0.15, 0.2) is 30.6 Å². The predicted molar refractivity (Wildman–Crippen MR) is 96.3 cm³/mol. The monoisotopic (exact) mass is 357 g/mol. The Morgan fingerprint density at radius 3 is 2.77 bits per heavy atom. The van der Waals surface area contributed by atoms with E-state index in [1.54, 1.807) is 0 Å². The van der Waals surface area contributed by atoms with Crippen LogP contribution in [-0.2, 0) is 18.4 Å². The molecular formula is C18H23N5O3. The number of amides is 1. The number of fused-ring (bicyclic) bond motifs is 1. The van der Waals surface area contributed by atoms with Crippen molar-refractivity contribution in [3.8, 4) is 11.5 Å². The van der Waals surface area contributed by atoms with Crippen LogP contribution in [0.4, 0.5) is 5.95 Å². The number of rotatable bonds is 5. The molecular weight excluding hydrogens is 334 g/mol. The second-order valence-corrected chi connectivity index (χ2v) is 6.57. The number of carbonyl (C=O) groups excluding carboxylic acids is 1. The topological polar surface area (TPSA) is 71.9 Å². The fraction of sp³-hybridized carbons (Fsp3) is 0.444. The number of aryl methyl sites for hydroxylation is 1. The maximum atomic E-state index is 12.2. The highest BCUT2D eigenvalue weighted by Crippen LogP contribution is 2.32. The summed E-state index contributed by atoms with van der Waals surface area (Å²) in [5, 5.41) is 2.98. The van der Waals surface area contributed by atoms with Crippen LogP contribution in [-0.4, -0.2) is 59.9 Å². The zero-order valence-corrected chi connectivity index (χ0v) is 14.9. The maximum absolute atomic E-state index is 12.2. The van der Waals surface area contributed by atoms with Crippen molar-refractivity contribution in [2.24, 2.45) is 7.05 Å². The van der Waals surface area contributed by atoms with Gasteiger partial charge in [-0.15, -0.1) is 0 Å². The van der Waals surface area contributed by atoms with Crippen LogP contribution >= 0.6 is 0 Å². The predicted octanol–water partition coefficient (Wildman–Crippen LogP) is 0.587. The van der Waals surface area contributed by atoms with Crippen LogP contribution in [0, 0.1) is 0 Å². The lowest BCUT2D eigenvalue weighted by atomic mass is 10.2. The van der Waals surface area contributed by atoms with Crippen LogP contribution in [0.3, 0.4) is 0 Å². The Labute approximate surface area is 152 Å². The highest BCUT2D eigenvalue weighted by Gasteiger charge is 2.21. The van der Waals surface area contributed by atoms with Crippen molar-refractivity contribution in [2.75, 3.05) is 44.4 Å². The SMILES string of the molecule is Cn1ccnc1N1CCN(CC(=O)NCc2ccc3c(c2)OCO3)CC1. The van der Waals surface area contributed by atoms with Gasteiger partial charge < -0.3 is 24.3 Å². The van der Waals surface area contributed by atoms with E-state index < -0.39 is 0 Å². The number of nitrogens with zero attached hydrogens (tertiary/aromatic N) is 4. The summed E-state index contributed by atoms with van der Waals surface area (Å²) in [5.41, 5.74) is 1.00. The van der Waals surface area contributed by atoms with Gasteiger partial charge >= 0.3 is 0 Å². The maximum Gasteiger partial charge on any atom is 0.234 e. The molecule has 0 atom stereocenters. The Morgan fingerprint density at radius 2 is 2.00 bits per heavy atom. The third-order valence-corrected chi connectivity index (χ3v) is 4.74. The number of hydrogen-bond acceptors (Lipinski definition) is 6. The highest BCUT2D eigenvalue weighted by atomic mass is 16.7. The molecule has 8 heteroatoms. The smallest absolute Gasteiger partial charge is 0.234 e. The number of imidazole rings is 1. The molecule has 26 heavy (non-hydrogen) atoms. The number of hydrogen-bond donors (Lipinski definition) is 1. The lowest BCUT2D eigenvalue weighted by molar-refractivity contribution is -0.122. The summed E-state index contributed by atoms with van der Waals surface area (Å²) in [6.45, 7) is 4.62. The van der Waals surface area contributed by atoms with E-state index in [0.29, 0.717) is 13.1 Å². The fourth-order valence-electron chi connectivity index (χ4n) is 3.28. The van der Waals surface area contributed by atoms with E-state index in [4.69, 9.17) is 9.47 Å². The van der Waals surface area contributed by atoms with E-state index in [1.807, 2.05) is 42.2 Å². The molecule has 0 spiro atoms. The number of anilines is 1. The number of aromatic nitrogens is 2. The minimum atomic E-state index is 0.0353. The van der Waals surface area contributed by atoms with Crippen molar-refractivity contribution in [2.45, 2.75) is 6.54 Å². The van der Waals surface area contributed by atoms with Crippen LogP contribution in [0.2, 0.25) is 0 Å². The first-order chi connectivity index (χ1) is 12.7. The Morgan fingerprint density at radius 1 is 1.19 bits per heavy atom. The first kappa shape index (κ1) is 16.7. The van der Waals surface area contributed by atoms with Crippen molar-refractivity contribution in [3.05, 3.63) is 36.2 Å². The molecule has 0 unspecified atom stereocenters. The summed E-state index contributed by atoms with van der Waals surface area (Å²) >= 11 is 0. The molecule has 138 valence electrons. The van der Waals surface area contributed by atoms with Gasteiger partial charge in [-0.3, -0.25) is 9.69 Å². The van der Waals surface area contributed by atoms with Crippen LogP contribution in [0.25, 0.3) is 0 Å².